The lowest BCUT2D eigenvalue weighted by atomic mass is 10.1. The van der Waals surface area contributed by atoms with Gasteiger partial charge in [0.15, 0.2) is 6.10 Å². The topological polar surface area (TPSA) is 161 Å². The minimum absolute atomic E-state index is 0.00516. The molecule has 0 bridgehead atoms. The van der Waals surface area contributed by atoms with Gasteiger partial charge in [0.1, 0.15) is 19.8 Å². The maximum atomic E-state index is 12.8. The summed E-state index contributed by atoms with van der Waals surface area (Å²) in [5, 5.41) is 1.53. The standard InChI is InChI=1S/C48H88NO12PS4/c1-49(2,3)34-37-59-62(54,55)60-41-42(61-48(53)31-19-15-11-7-5-9-13-17-25-36-57-46(51)30-23-21-27-44-33-39-64-66-44)40-58-47(52)28-18-14-10-6-4-8-12-16-24-35-56-45(50)29-22-20-26-43-32-38-63-65-43/h42-44H,4-41H2,1-3H3/p+1/t42-,43-,44-/m1/s1. The molecular formula is C48H89NO12PS4+. The molecule has 66 heavy (non-hydrogen) atoms. The molecule has 2 rings (SSSR count). The van der Waals surface area contributed by atoms with Crippen LogP contribution in [0.4, 0.5) is 0 Å². The van der Waals surface area contributed by atoms with Crippen LogP contribution in [0.3, 0.4) is 0 Å². The molecule has 1 N–H and O–H groups in total. The van der Waals surface area contributed by atoms with E-state index in [2.05, 4.69) is 0 Å². The predicted octanol–water partition coefficient (Wildman–Crippen LogP) is 12.6. The summed E-state index contributed by atoms with van der Waals surface area (Å²) in [5.74, 6) is 1.48. The van der Waals surface area contributed by atoms with Gasteiger partial charge in [-0.15, -0.1) is 0 Å². The molecule has 0 aromatic carbocycles. The molecule has 13 nitrogen and oxygen atoms in total. The molecule has 0 aliphatic carbocycles. The van der Waals surface area contributed by atoms with Crippen LogP contribution in [0.25, 0.3) is 0 Å². The molecule has 0 aromatic rings. The van der Waals surface area contributed by atoms with Crippen LogP contribution in [0, 0.1) is 0 Å². The lowest BCUT2D eigenvalue weighted by Gasteiger charge is -2.24. The summed E-state index contributed by atoms with van der Waals surface area (Å²) >= 11 is 0. The Hall–Kier alpha value is -0.650. The highest BCUT2D eigenvalue weighted by atomic mass is 33.1. The first-order valence-electron chi connectivity index (χ1n) is 25.5. The van der Waals surface area contributed by atoms with E-state index in [-0.39, 0.29) is 38.0 Å². The fraction of sp³-hybridized carbons (Fsp3) is 0.917. The number of hydrogen-bond acceptors (Lipinski definition) is 15. The zero-order chi connectivity index (χ0) is 48.0. The first-order chi connectivity index (χ1) is 31.8. The van der Waals surface area contributed by atoms with E-state index in [1.165, 1.54) is 37.2 Å². The van der Waals surface area contributed by atoms with Crippen LogP contribution in [0.5, 0.6) is 0 Å². The van der Waals surface area contributed by atoms with E-state index in [4.69, 9.17) is 28.0 Å². The fourth-order valence-electron chi connectivity index (χ4n) is 7.41. The zero-order valence-electron chi connectivity index (χ0n) is 41.1. The molecule has 1 unspecified atom stereocenters. The minimum Gasteiger partial charge on any atom is -0.466 e. The van der Waals surface area contributed by atoms with Crippen LogP contribution in [-0.2, 0) is 51.7 Å². The molecule has 2 fully saturated rings. The molecule has 0 aromatic heterocycles. The number of phosphoric ester groups is 1. The highest BCUT2D eigenvalue weighted by molar-refractivity contribution is 8.77. The summed E-state index contributed by atoms with van der Waals surface area (Å²) in [4.78, 5) is 59.5. The van der Waals surface area contributed by atoms with Gasteiger partial charge in [-0.1, -0.05) is 146 Å². The third kappa shape index (κ3) is 38.1. The number of carbonyl (C=O) groups is 4. The van der Waals surface area contributed by atoms with E-state index in [9.17, 15) is 28.6 Å². The van der Waals surface area contributed by atoms with Gasteiger partial charge in [-0.2, -0.15) is 0 Å². The van der Waals surface area contributed by atoms with Gasteiger partial charge in [-0.3, -0.25) is 28.2 Å². The second kappa shape index (κ2) is 40.0. The highest BCUT2D eigenvalue weighted by Gasteiger charge is 2.27. The molecule has 2 aliphatic heterocycles. The van der Waals surface area contributed by atoms with Crippen LogP contribution < -0.4 is 0 Å². The summed E-state index contributed by atoms with van der Waals surface area (Å²) < 4.78 is 45.2. The number of carbonyl (C=O) groups excluding carboxylic acids is 4. The minimum atomic E-state index is -4.42. The van der Waals surface area contributed by atoms with Crippen LogP contribution in [0.2, 0.25) is 0 Å². The Bertz CT molecular complexity index is 1320. The van der Waals surface area contributed by atoms with Crippen molar-refractivity contribution in [2.45, 2.75) is 209 Å². The Balaban J connectivity index is 1.50. The lowest BCUT2D eigenvalue weighted by Crippen LogP contribution is -2.37. The van der Waals surface area contributed by atoms with Crippen molar-refractivity contribution in [2.24, 2.45) is 0 Å². The Morgan fingerprint density at radius 1 is 0.515 bits per heavy atom. The molecule has 2 heterocycles. The van der Waals surface area contributed by atoms with Gasteiger partial charge >= 0.3 is 31.7 Å². The van der Waals surface area contributed by atoms with E-state index < -0.39 is 32.5 Å². The van der Waals surface area contributed by atoms with Crippen LogP contribution in [0.1, 0.15) is 193 Å². The van der Waals surface area contributed by atoms with Gasteiger partial charge in [0.2, 0.25) is 0 Å². The SMILES string of the molecule is C[N+](C)(C)CCOP(=O)(O)OC[C@@H](COC(=O)CCCCCCCCCCCOC(=O)CCCC[C@@H]1CCSS1)OC(=O)CCCCCCCCCCCOC(=O)CCCC[C@@H]1CCSS1. The molecule has 18 heteroatoms. The molecule has 2 saturated heterocycles. The lowest BCUT2D eigenvalue weighted by molar-refractivity contribution is -0.870. The van der Waals surface area contributed by atoms with Crippen molar-refractivity contribution in [1.82, 2.24) is 0 Å². The van der Waals surface area contributed by atoms with Gasteiger partial charge in [0.25, 0.3) is 0 Å². The van der Waals surface area contributed by atoms with Crippen molar-refractivity contribution in [3.05, 3.63) is 0 Å². The van der Waals surface area contributed by atoms with E-state index in [1.54, 1.807) is 0 Å². The monoisotopic (exact) mass is 1030 g/mol. The molecule has 4 atom stereocenters. The number of quaternary nitrogens is 1. The van der Waals surface area contributed by atoms with Gasteiger partial charge in [0, 0.05) is 47.7 Å². The quantitative estimate of drug-likeness (QED) is 0.0153. The first kappa shape index (κ1) is 61.5. The van der Waals surface area contributed by atoms with Crippen molar-refractivity contribution < 1.29 is 61.1 Å². The Morgan fingerprint density at radius 2 is 0.909 bits per heavy atom. The van der Waals surface area contributed by atoms with E-state index in [0.717, 1.165) is 139 Å². The van der Waals surface area contributed by atoms with Gasteiger partial charge in [-0.25, -0.2) is 4.57 Å². The second-order valence-electron chi connectivity index (χ2n) is 18.9. The van der Waals surface area contributed by atoms with Crippen molar-refractivity contribution in [3.8, 4) is 0 Å². The Morgan fingerprint density at radius 3 is 1.33 bits per heavy atom. The number of phosphoric acid groups is 1. The van der Waals surface area contributed by atoms with E-state index in [1.807, 2.05) is 64.3 Å². The summed E-state index contributed by atoms with van der Waals surface area (Å²) in [6.07, 6.45) is 27.5. The molecule has 0 radical (unpaired) electrons. The van der Waals surface area contributed by atoms with Gasteiger partial charge in [0.05, 0.1) is 41.0 Å². The molecule has 0 spiro atoms. The summed E-state index contributed by atoms with van der Waals surface area (Å²) in [7, 11) is 9.30. The molecule has 0 saturated carbocycles. The number of esters is 4. The van der Waals surface area contributed by atoms with Crippen molar-refractivity contribution in [2.75, 3.05) is 72.2 Å². The third-order valence-electron chi connectivity index (χ3n) is 11.5. The zero-order valence-corrected chi connectivity index (χ0v) is 45.2. The Kier molecular flexibility index (Phi) is 37.3. The maximum Gasteiger partial charge on any atom is 0.472 e. The maximum absolute atomic E-state index is 12.8. The largest absolute Gasteiger partial charge is 0.472 e. The predicted molar refractivity (Wildman–Crippen MR) is 274 cm³/mol. The number of nitrogens with zero attached hydrogens (tertiary/aromatic N) is 1. The molecular weight excluding hydrogens is 942 g/mol. The van der Waals surface area contributed by atoms with Crippen molar-refractivity contribution in [1.29, 1.82) is 0 Å². The smallest absolute Gasteiger partial charge is 0.466 e. The molecule has 0 amide bonds. The average Bonchev–Trinajstić information content (AvgIpc) is 4.00. The fourth-order valence-corrected chi connectivity index (χ4v) is 14.2. The van der Waals surface area contributed by atoms with Crippen molar-refractivity contribution in [3.63, 3.8) is 0 Å². The van der Waals surface area contributed by atoms with E-state index >= 15 is 0 Å². The van der Waals surface area contributed by atoms with Gasteiger partial charge in [-0.05, 0) is 64.2 Å². The van der Waals surface area contributed by atoms with Crippen LogP contribution in [-0.4, -0.2) is 122 Å². The second-order valence-corrected chi connectivity index (χ2v) is 25.9. The first-order valence-corrected chi connectivity index (χ1v) is 31.7. The third-order valence-corrected chi connectivity index (χ3v) is 18.5. The highest BCUT2D eigenvalue weighted by Crippen LogP contribution is 2.43. The number of rotatable bonds is 44. The number of hydrogen-bond donors (Lipinski definition) is 1. The summed E-state index contributed by atoms with van der Waals surface area (Å²) in [6.45, 7) is 0.798. The summed E-state index contributed by atoms with van der Waals surface area (Å²) in [5.41, 5.74) is 0. The number of ether oxygens (including phenoxy) is 4. The molecule has 386 valence electrons. The Labute approximate surface area is 415 Å². The number of unbranched alkanes of at least 4 members (excludes halogenated alkanes) is 18. The van der Waals surface area contributed by atoms with Crippen LogP contribution >= 0.6 is 51.0 Å². The van der Waals surface area contributed by atoms with Gasteiger partial charge < -0.3 is 28.3 Å². The van der Waals surface area contributed by atoms with Crippen molar-refractivity contribution >= 4 is 74.9 Å². The average molecular weight is 1030 g/mol. The number of likely N-dealkylation sites (N-methyl/N-ethyl adjacent to an activating group) is 1. The summed E-state index contributed by atoms with van der Waals surface area (Å²) in [6, 6.07) is 0. The normalized spacial score (nSPS) is 17.6. The van der Waals surface area contributed by atoms with E-state index in [0.29, 0.717) is 49.9 Å². The van der Waals surface area contributed by atoms with Crippen LogP contribution in [0.15, 0.2) is 0 Å². The molecule has 2 aliphatic rings.